The fraction of sp³-hybridized carbons (Fsp3) is 0.846. The molecule has 0 aromatic carbocycles. The van der Waals surface area contributed by atoms with Crippen LogP contribution in [0.4, 0.5) is 0 Å². The van der Waals surface area contributed by atoms with E-state index in [0.29, 0.717) is 0 Å². The zero-order chi connectivity index (χ0) is 9.94. The van der Waals surface area contributed by atoms with Crippen molar-refractivity contribution in [2.24, 2.45) is 5.92 Å². The molecule has 0 aliphatic heterocycles. The highest BCUT2D eigenvalue weighted by atomic mass is 14.1. The Balaban J connectivity index is 3.22. The second-order valence-electron chi connectivity index (χ2n) is 4.00. The summed E-state index contributed by atoms with van der Waals surface area (Å²) in [4.78, 5) is 0. The molecule has 1 atom stereocenters. The first-order valence-electron chi connectivity index (χ1n) is 5.96. The van der Waals surface area contributed by atoms with Crippen molar-refractivity contribution in [2.75, 3.05) is 0 Å². The monoisotopic (exact) mass is 182 g/mol. The predicted octanol–water partition coefficient (Wildman–Crippen LogP) is 4.95. The maximum Gasteiger partial charge on any atom is -0.0325 e. The van der Waals surface area contributed by atoms with E-state index in [-0.39, 0.29) is 0 Å². The summed E-state index contributed by atoms with van der Waals surface area (Å²) in [5.74, 6) is 0.902. The Morgan fingerprint density at radius 1 is 1.08 bits per heavy atom. The number of allylic oxidation sites excluding steroid dienone is 1. The average molecular weight is 182 g/mol. The summed E-state index contributed by atoms with van der Waals surface area (Å²) < 4.78 is 0. The second-order valence-corrected chi connectivity index (χ2v) is 4.00. The quantitative estimate of drug-likeness (QED) is 0.349. The third kappa shape index (κ3) is 8.08. The van der Waals surface area contributed by atoms with Crippen LogP contribution < -0.4 is 0 Å². The fourth-order valence-corrected chi connectivity index (χ4v) is 1.76. The summed E-state index contributed by atoms with van der Waals surface area (Å²) in [6.45, 7) is 8.37. The summed E-state index contributed by atoms with van der Waals surface area (Å²) in [6.07, 6.45) is 13.1. The molecule has 0 saturated heterocycles. The standard InChI is InChI=1S/C13H26/c1-4-7-8-9-10-12-13(6-3)11-5-2/h5,13H,2,4,6-12H2,1,3H3. The lowest BCUT2D eigenvalue weighted by Crippen LogP contribution is -1.96. The van der Waals surface area contributed by atoms with Gasteiger partial charge in [0, 0.05) is 0 Å². The summed E-state index contributed by atoms with van der Waals surface area (Å²) in [5, 5.41) is 0. The molecule has 13 heavy (non-hydrogen) atoms. The molecule has 0 spiro atoms. The van der Waals surface area contributed by atoms with E-state index in [1.807, 2.05) is 0 Å². The zero-order valence-corrected chi connectivity index (χ0v) is 9.52. The van der Waals surface area contributed by atoms with Gasteiger partial charge in [-0.3, -0.25) is 0 Å². The van der Waals surface area contributed by atoms with Gasteiger partial charge < -0.3 is 0 Å². The van der Waals surface area contributed by atoms with Gasteiger partial charge in [0.05, 0.1) is 0 Å². The van der Waals surface area contributed by atoms with Crippen LogP contribution in [0, 0.1) is 5.92 Å². The molecule has 0 bridgehead atoms. The SMILES string of the molecule is C=CCC(CC)CCCCCCC. The van der Waals surface area contributed by atoms with E-state index in [9.17, 15) is 0 Å². The third-order valence-corrected chi connectivity index (χ3v) is 2.79. The lowest BCUT2D eigenvalue weighted by atomic mass is 9.95. The molecule has 0 heteroatoms. The molecule has 0 amide bonds. The zero-order valence-electron chi connectivity index (χ0n) is 9.52. The molecule has 0 aliphatic carbocycles. The maximum absolute atomic E-state index is 3.81. The summed E-state index contributed by atoms with van der Waals surface area (Å²) in [6, 6.07) is 0. The van der Waals surface area contributed by atoms with Crippen molar-refractivity contribution in [1.29, 1.82) is 0 Å². The van der Waals surface area contributed by atoms with Crippen LogP contribution in [0.1, 0.15) is 65.2 Å². The smallest absolute Gasteiger partial charge is 0.0325 e. The maximum atomic E-state index is 3.81. The van der Waals surface area contributed by atoms with Crippen LogP contribution in [0.3, 0.4) is 0 Å². The molecular formula is C13H26. The van der Waals surface area contributed by atoms with Gasteiger partial charge in [0.15, 0.2) is 0 Å². The summed E-state index contributed by atoms with van der Waals surface area (Å²) in [7, 11) is 0. The Bertz CT molecular complexity index is 105. The number of hydrogen-bond donors (Lipinski definition) is 0. The van der Waals surface area contributed by atoms with E-state index in [0.717, 1.165) is 5.92 Å². The molecule has 0 aromatic rings. The van der Waals surface area contributed by atoms with Crippen molar-refractivity contribution in [1.82, 2.24) is 0 Å². The van der Waals surface area contributed by atoms with Crippen LogP contribution in [0.15, 0.2) is 12.7 Å². The number of rotatable bonds is 9. The van der Waals surface area contributed by atoms with Crippen molar-refractivity contribution < 1.29 is 0 Å². The normalized spacial score (nSPS) is 12.8. The molecule has 0 aromatic heterocycles. The van der Waals surface area contributed by atoms with Gasteiger partial charge in [0.1, 0.15) is 0 Å². The molecule has 1 unspecified atom stereocenters. The van der Waals surface area contributed by atoms with E-state index in [1.54, 1.807) is 0 Å². The Hall–Kier alpha value is -0.260. The minimum absolute atomic E-state index is 0.902. The molecule has 0 saturated carbocycles. The fourth-order valence-electron chi connectivity index (χ4n) is 1.76. The van der Waals surface area contributed by atoms with Gasteiger partial charge in [-0.2, -0.15) is 0 Å². The Morgan fingerprint density at radius 3 is 2.31 bits per heavy atom. The van der Waals surface area contributed by atoms with Crippen molar-refractivity contribution in [3.05, 3.63) is 12.7 Å². The van der Waals surface area contributed by atoms with E-state index in [2.05, 4.69) is 26.5 Å². The Labute approximate surface area is 84.4 Å². The third-order valence-electron chi connectivity index (χ3n) is 2.79. The lowest BCUT2D eigenvalue weighted by Gasteiger charge is -2.11. The number of unbranched alkanes of at least 4 members (excludes halogenated alkanes) is 4. The molecular weight excluding hydrogens is 156 g/mol. The van der Waals surface area contributed by atoms with Gasteiger partial charge in [-0.1, -0.05) is 64.9 Å². The van der Waals surface area contributed by atoms with E-state index >= 15 is 0 Å². The predicted molar refractivity (Wildman–Crippen MR) is 62.0 cm³/mol. The minimum atomic E-state index is 0.902. The topological polar surface area (TPSA) is 0 Å². The molecule has 0 rings (SSSR count). The first kappa shape index (κ1) is 12.7. The van der Waals surface area contributed by atoms with E-state index in [4.69, 9.17) is 0 Å². The second kappa shape index (κ2) is 9.83. The Kier molecular flexibility index (Phi) is 9.63. The van der Waals surface area contributed by atoms with Crippen LogP contribution in [-0.2, 0) is 0 Å². The molecule has 0 heterocycles. The molecule has 78 valence electrons. The van der Waals surface area contributed by atoms with E-state index < -0.39 is 0 Å². The van der Waals surface area contributed by atoms with Gasteiger partial charge in [-0.05, 0) is 12.3 Å². The molecule has 0 radical (unpaired) electrons. The number of hydrogen-bond acceptors (Lipinski definition) is 0. The van der Waals surface area contributed by atoms with Crippen molar-refractivity contribution >= 4 is 0 Å². The van der Waals surface area contributed by atoms with Crippen LogP contribution >= 0.6 is 0 Å². The molecule has 0 N–H and O–H groups in total. The molecule has 0 fully saturated rings. The first-order chi connectivity index (χ1) is 6.35. The summed E-state index contributed by atoms with van der Waals surface area (Å²) >= 11 is 0. The van der Waals surface area contributed by atoms with Crippen molar-refractivity contribution in [3.8, 4) is 0 Å². The van der Waals surface area contributed by atoms with Gasteiger partial charge in [0.2, 0.25) is 0 Å². The van der Waals surface area contributed by atoms with Crippen LogP contribution in [0.25, 0.3) is 0 Å². The Morgan fingerprint density at radius 2 is 1.77 bits per heavy atom. The van der Waals surface area contributed by atoms with E-state index in [1.165, 1.54) is 51.4 Å². The van der Waals surface area contributed by atoms with Gasteiger partial charge >= 0.3 is 0 Å². The van der Waals surface area contributed by atoms with Crippen LogP contribution in [0.2, 0.25) is 0 Å². The molecule has 0 nitrogen and oxygen atoms in total. The van der Waals surface area contributed by atoms with Crippen LogP contribution in [0.5, 0.6) is 0 Å². The first-order valence-corrected chi connectivity index (χ1v) is 5.96. The highest BCUT2D eigenvalue weighted by Gasteiger charge is 2.02. The van der Waals surface area contributed by atoms with Gasteiger partial charge in [-0.15, -0.1) is 6.58 Å². The summed E-state index contributed by atoms with van der Waals surface area (Å²) in [5.41, 5.74) is 0. The van der Waals surface area contributed by atoms with Crippen LogP contribution in [-0.4, -0.2) is 0 Å². The van der Waals surface area contributed by atoms with Crippen molar-refractivity contribution in [2.45, 2.75) is 65.2 Å². The molecule has 0 aliphatic rings. The highest BCUT2D eigenvalue weighted by molar-refractivity contribution is 4.72. The van der Waals surface area contributed by atoms with Gasteiger partial charge in [-0.25, -0.2) is 0 Å². The average Bonchev–Trinajstić information content (AvgIpc) is 2.16. The lowest BCUT2D eigenvalue weighted by molar-refractivity contribution is 0.444. The minimum Gasteiger partial charge on any atom is -0.103 e. The van der Waals surface area contributed by atoms with Crippen molar-refractivity contribution in [3.63, 3.8) is 0 Å². The highest BCUT2D eigenvalue weighted by Crippen LogP contribution is 2.18. The van der Waals surface area contributed by atoms with Gasteiger partial charge in [0.25, 0.3) is 0 Å². The largest absolute Gasteiger partial charge is 0.103 e.